The molecule has 0 aromatic heterocycles. The summed E-state index contributed by atoms with van der Waals surface area (Å²) in [5, 5.41) is 0.672. The van der Waals surface area contributed by atoms with Crippen molar-refractivity contribution in [2.45, 2.75) is 18.7 Å². The maximum atomic E-state index is 13.3. The second kappa shape index (κ2) is 7.99. The first-order valence-electron chi connectivity index (χ1n) is 6.86. The van der Waals surface area contributed by atoms with E-state index in [1.54, 1.807) is 12.1 Å². The first kappa shape index (κ1) is 18.7. The molecule has 0 fully saturated rings. The van der Waals surface area contributed by atoms with Gasteiger partial charge in [0.05, 0.1) is 5.56 Å². The lowest BCUT2D eigenvalue weighted by Crippen LogP contribution is -2.04. The third kappa shape index (κ3) is 4.28. The van der Waals surface area contributed by atoms with E-state index in [4.69, 9.17) is 0 Å². The van der Waals surface area contributed by atoms with Gasteiger partial charge < -0.3 is 0 Å². The molecule has 0 bridgehead atoms. The third-order valence-electron chi connectivity index (χ3n) is 3.56. The van der Waals surface area contributed by atoms with Crippen LogP contribution in [-0.2, 0) is 11.8 Å². The number of carbonyl (C=O) groups is 1. The van der Waals surface area contributed by atoms with E-state index in [1.165, 1.54) is 18.2 Å². The van der Waals surface area contributed by atoms with Gasteiger partial charge in [-0.3, -0.25) is 4.79 Å². The van der Waals surface area contributed by atoms with Gasteiger partial charge in [-0.05, 0) is 47.9 Å². The summed E-state index contributed by atoms with van der Waals surface area (Å²) in [5.41, 5.74) is 2.03. The molecule has 0 saturated carbocycles. The highest BCUT2D eigenvalue weighted by atomic mass is 79.9. The summed E-state index contributed by atoms with van der Waals surface area (Å²) >= 11 is 9.86. The lowest BCUT2D eigenvalue weighted by molar-refractivity contribution is 0.0943. The van der Waals surface area contributed by atoms with Gasteiger partial charge in [0.1, 0.15) is 11.6 Å². The second-order valence-electron chi connectivity index (χ2n) is 5.22. The van der Waals surface area contributed by atoms with E-state index >= 15 is 0 Å². The van der Waals surface area contributed by atoms with Crippen LogP contribution in [0.1, 0.15) is 28.4 Å². The van der Waals surface area contributed by atoms with E-state index in [2.05, 4.69) is 47.8 Å². The Morgan fingerprint density at radius 3 is 2.35 bits per heavy atom. The monoisotopic (exact) mass is 508 g/mol. The number of alkyl halides is 1. The van der Waals surface area contributed by atoms with Gasteiger partial charge in [0.15, 0.2) is 5.78 Å². The molecule has 23 heavy (non-hydrogen) atoms. The normalized spacial score (nSPS) is 15.9. The van der Waals surface area contributed by atoms with E-state index in [1.807, 2.05) is 6.92 Å². The van der Waals surface area contributed by atoms with Crippen molar-refractivity contribution in [1.82, 2.24) is 0 Å². The lowest BCUT2D eigenvalue weighted by Gasteiger charge is -2.00. The molecule has 1 aliphatic carbocycles. The highest BCUT2D eigenvalue weighted by Gasteiger charge is 2.31. The Morgan fingerprint density at radius 1 is 1.13 bits per heavy atom. The van der Waals surface area contributed by atoms with Gasteiger partial charge >= 0.3 is 0 Å². The predicted octanol–water partition coefficient (Wildman–Crippen LogP) is 6.45. The van der Waals surface area contributed by atoms with Crippen LogP contribution in [0, 0.1) is 17.6 Å². The molecule has 2 aromatic carbocycles. The molecule has 0 aliphatic heterocycles. The zero-order valence-electron chi connectivity index (χ0n) is 12.2. The molecular weight excluding hydrogens is 498 g/mol. The summed E-state index contributed by atoms with van der Waals surface area (Å²) in [4.78, 5) is 11.5. The van der Waals surface area contributed by atoms with Gasteiger partial charge in [0.25, 0.3) is 0 Å². The van der Waals surface area contributed by atoms with Crippen LogP contribution in [0.5, 0.6) is 0 Å². The Kier molecular flexibility index (Phi) is 6.51. The van der Waals surface area contributed by atoms with Crippen LogP contribution in [0.2, 0.25) is 0 Å². The minimum atomic E-state index is -0.396. The number of Topliss-reactive ketones (excluding diaryl/α,β-unsaturated/α-hetero) is 1. The fraction of sp³-hybridized carbons (Fsp3) is 0.235. The molecule has 3 rings (SSSR count). The van der Waals surface area contributed by atoms with Gasteiger partial charge in [-0.2, -0.15) is 0 Å². The SMILES string of the molecule is CC1Cc2c(Br)ccc(F)c2C1=O.Fc1ccc(Br)c(CBr)c1. The van der Waals surface area contributed by atoms with Gasteiger partial charge in [-0.25, -0.2) is 8.78 Å². The number of halogens is 5. The number of benzene rings is 2. The highest BCUT2D eigenvalue weighted by Crippen LogP contribution is 2.33. The van der Waals surface area contributed by atoms with Crippen molar-refractivity contribution in [3.05, 3.63) is 67.6 Å². The van der Waals surface area contributed by atoms with Crippen molar-refractivity contribution < 1.29 is 13.6 Å². The fourth-order valence-corrected chi connectivity index (χ4v) is 4.07. The first-order chi connectivity index (χ1) is 10.8. The zero-order chi connectivity index (χ0) is 17.1. The molecule has 0 saturated heterocycles. The van der Waals surface area contributed by atoms with Crippen LogP contribution in [0.3, 0.4) is 0 Å². The lowest BCUT2D eigenvalue weighted by atomic mass is 10.1. The van der Waals surface area contributed by atoms with Gasteiger partial charge in [0, 0.05) is 20.2 Å². The van der Waals surface area contributed by atoms with Crippen molar-refractivity contribution in [3.63, 3.8) is 0 Å². The molecule has 1 atom stereocenters. The smallest absolute Gasteiger partial charge is 0.169 e. The Balaban J connectivity index is 0.000000174. The van der Waals surface area contributed by atoms with Crippen molar-refractivity contribution in [2.75, 3.05) is 0 Å². The van der Waals surface area contributed by atoms with E-state index in [9.17, 15) is 13.6 Å². The summed E-state index contributed by atoms with van der Waals surface area (Å²) in [7, 11) is 0. The van der Waals surface area contributed by atoms with Crippen LogP contribution in [0.4, 0.5) is 8.78 Å². The quantitative estimate of drug-likeness (QED) is 0.403. The summed E-state index contributed by atoms with van der Waals surface area (Å²) in [5.74, 6) is -0.748. The van der Waals surface area contributed by atoms with Gasteiger partial charge in [-0.1, -0.05) is 54.7 Å². The second-order valence-corrected chi connectivity index (χ2v) is 7.49. The number of hydrogen-bond donors (Lipinski definition) is 0. The standard InChI is InChI=1S/C10H8BrFO.C7H5Br2F/c1-5-4-6-7(11)2-3-8(12)9(6)10(5)13;8-4-5-3-6(10)1-2-7(5)9/h2-3,5H,4H2,1H3;1-3H,4H2. The molecule has 0 heterocycles. The van der Waals surface area contributed by atoms with Crippen LogP contribution >= 0.6 is 47.8 Å². The molecule has 6 heteroatoms. The number of fused-ring (bicyclic) bond motifs is 1. The Bertz CT molecular complexity index is 747. The maximum absolute atomic E-state index is 13.3. The molecule has 0 radical (unpaired) electrons. The van der Waals surface area contributed by atoms with Gasteiger partial charge in [-0.15, -0.1) is 0 Å². The largest absolute Gasteiger partial charge is 0.294 e. The topological polar surface area (TPSA) is 17.1 Å². The predicted molar refractivity (Wildman–Crippen MR) is 98.0 cm³/mol. The van der Waals surface area contributed by atoms with E-state index < -0.39 is 5.82 Å². The van der Waals surface area contributed by atoms with E-state index in [-0.39, 0.29) is 23.1 Å². The minimum Gasteiger partial charge on any atom is -0.294 e. The average Bonchev–Trinajstić information content (AvgIpc) is 2.83. The summed E-state index contributed by atoms with van der Waals surface area (Å²) in [6.45, 7) is 1.83. The molecule has 122 valence electrons. The highest BCUT2D eigenvalue weighted by molar-refractivity contribution is 9.11. The molecule has 0 amide bonds. The third-order valence-corrected chi connectivity index (χ3v) is 5.68. The van der Waals surface area contributed by atoms with E-state index in [0.717, 1.165) is 20.1 Å². The minimum absolute atomic E-state index is 0.0752. The van der Waals surface area contributed by atoms with Gasteiger partial charge in [0.2, 0.25) is 0 Å². The number of rotatable bonds is 1. The van der Waals surface area contributed by atoms with Crippen LogP contribution in [-0.4, -0.2) is 5.78 Å². The molecule has 1 nitrogen and oxygen atoms in total. The molecule has 1 unspecified atom stereocenters. The van der Waals surface area contributed by atoms with Crippen LogP contribution < -0.4 is 0 Å². The molecule has 1 aliphatic rings. The fourth-order valence-electron chi connectivity index (χ4n) is 2.35. The number of hydrogen-bond acceptors (Lipinski definition) is 1. The molecular formula is C17H13Br3F2O. The zero-order valence-corrected chi connectivity index (χ0v) is 16.9. The Morgan fingerprint density at radius 2 is 1.78 bits per heavy atom. The van der Waals surface area contributed by atoms with Crippen LogP contribution in [0.25, 0.3) is 0 Å². The van der Waals surface area contributed by atoms with Crippen LogP contribution in [0.15, 0.2) is 39.3 Å². The summed E-state index contributed by atoms with van der Waals surface area (Å²) in [6, 6.07) is 7.61. The van der Waals surface area contributed by atoms with Crippen molar-refractivity contribution >= 4 is 53.6 Å². The number of carbonyl (C=O) groups excluding carboxylic acids is 1. The molecule has 0 spiro atoms. The molecule has 2 aromatic rings. The van der Waals surface area contributed by atoms with Crippen molar-refractivity contribution in [1.29, 1.82) is 0 Å². The van der Waals surface area contributed by atoms with Crippen molar-refractivity contribution in [3.8, 4) is 0 Å². The number of ketones is 1. The Hall–Kier alpha value is -0.590. The summed E-state index contributed by atoms with van der Waals surface area (Å²) in [6.07, 6.45) is 0.645. The molecule has 0 N–H and O–H groups in total. The Labute approximate surface area is 158 Å². The average molecular weight is 511 g/mol. The first-order valence-corrected chi connectivity index (χ1v) is 9.56. The van der Waals surface area contributed by atoms with E-state index in [0.29, 0.717) is 11.8 Å². The maximum Gasteiger partial charge on any atom is 0.169 e. The summed E-state index contributed by atoms with van der Waals surface area (Å²) < 4.78 is 27.5. The van der Waals surface area contributed by atoms with Crippen molar-refractivity contribution in [2.24, 2.45) is 5.92 Å².